The van der Waals surface area contributed by atoms with Gasteiger partial charge in [-0.05, 0) is 55.5 Å². The van der Waals surface area contributed by atoms with Gasteiger partial charge < -0.3 is 19.2 Å². The Bertz CT molecular complexity index is 1150. The Morgan fingerprint density at radius 2 is 1.94 bits per heavy atom. The molecule has 8 heteroatoms. The molecule has 2 N–H and O–H groups in total. The molecule has 2 heterocycles. The summed E-state index contributed by atoms with van der Waals surface area (Å²) in [5.41, 5.74) is 5.90. The number of ether oxygens (including phenoxy) is 3. The topological polar surface area (TPSA) is 90.4 Å². The van der Waals surface area contributed by atoms with E-state index < -0.39 is 0 Å². The van der Waals surface area contributed by atoms with Crippen molar-refractivity contribution in [1.82, 2.24) is 20.1 Å². The second kappa shape index (κ2) is 11.8. The van der Waals surface area contributed by atoms with Crippen LogP contribution in [0.25, 0.3) is 10.9 Å². The second-order valence-corrected chi connectivity index (χ2v) is 9.12. The molecular formula is C26H36N4O4. The normalized spacial score (nSPS) is 14.4. The van der Waals surface area contributed by atoms with Gasteiger partial charge in [-0.25, -0.2) is 0 Å². The SMILES string of the molecule is COCCOCc1cc(COCNCc2c(C)cc(C)[nH]c2=O)c2cnn(C3CCCC3)c2c1. The minimum atomic E-state index is -0.0489. The number of nitrogens with zero attached hydrogens (tertiary/aromatic N) is 2. The molecule has 1 saturated carbocycles. The fourth-order valence-corrected chi connectivity index (χ4v) is 4.77. The van der Waals surface area contributed by atoms with Gasteiger partial charge in [-0.15, -0.1) is 0 Å². The first-order valence-electron chi connectivity index (χ1n) is 12.1. The number of nitrogens with one attached hydrogen (secondary N) is 2. The maximum atomic E-state index is 12.2. The van der Waals surface area contributed by atoms with E-state index in [0.717, 1.165) is 38.9 Å². The largest absolute Gasteiger partial charge is 0.382 e. The lowest BCUT2D eigenvalue weighted by atomic mass is 10.1. The van der Waals surface area contributed by atoms with E-state index in [0.29, 0.717) is 45.7 Å². The van der Waals surface area contributed by atoms with Gasteiger partial charge in [0.05, 0.1) is 50.9 Å². The van der Waals surface area contributed by atoms with E-state index in [1.807, 2.05) is 26.1 Å². The summed E-state index contributed by atoms with van der Waals surface area (Å²) in [6, 6.07) is 6.79. The number of aromatic amines is 1. The van der Waals surface area contributed by atoms with Crippen molar-refractivity contribution < 1.29 is 14.2 Å². The molecule has 0 amide bonds. The molecule has 1 aromatic carbocycles. The molecule has 0 bridgehead atoms. The molecule has 1 fully saturated rings. The van der Waals surface area contributed by atoms with Gasteiger partial charge in [0.2, 0.25) is 0 Å². The molecule has 184 valence electrons. The van der Waals surface area contributed by atoms with E-state index in [9.17, 15) is 4.79 Å². The molecule has 1 aliphatic rings. The third-order valence-electron chi connectivity index (χ3n) is 6.49. The van der Waals surface area contributed by atoms with Crippen molar-refractivity contribution in [1.29, 1.82) is 0 Å². The zero-order valence-electron chi connectivity index (χ0n) is 20.5. The van der Waals surface area contributed by atoms with Crippen LogP contribution in [0.15, 0.2) is 29.2 Å². The zero-order valence-corrected chi connectivity index (χ0v) is 20.5. The van der Waals surface area contributed by atoms with Crippen LogP contribution in [0.3, 0.4) is 0 Å². The number of fused-ring (bicyclic) bond motifs is 1. The lowest BCUT2D eigenvalue weighted by molar-refractivity contribution is 0.0615. The molecule has 0 unspecified atom stereocenters. The fourth-order valence-electron chi connectivity index (χ4n) is 4.77. The molecule has 3 aromatic rings. The monoisotopic (exact) mass is 468 g/mol. The summed E-state index contributed by atoms with van der Waals surface area (Å²) in [4.78, 5) is 15.1. The molecule has 0 spiro atoms. The minimum Gasteiger partial charge on any atom is -0.382 e. The van der Waals surface area contributed by atoms with Gasteiger partial charge in [0, 0.05) is 30.3 Å². The van der Waals surface area contributed by atoms with Crippen LogP contribution < -0.4 is 10.9 Å². The molecule has 0 saturated heterocycles. The molecular weight excluding hydrogens is 432 g/mol. The van der Waals surface area contributed by atoms with Crippen molar-refractivity contribution in [3.63, 3.8) is 0 Å². The van der Waals surface area contributed by atoms with Crippen LogP contribution in [0, 0.1) is 13.8 Å². The first-order valence-corrected chi connectivity index (χ1v) is 12.1. The maximum absolute atomic E-state index is 12.2. The van der Waals surface area contributed by atoms with Gasteiger partial charge in [-0.3, -0.25) is 14.8 Å². The van der Waals surface area contributed by atoms with Crippen molar-refractivity contribution in [2.24, 2.45) is 0 Å². The summed E-state index contributed by atoms with van der Waals surface area (Å²) >= 11 is 0. The van der Waals surface area contributed by atoms with Gasteiger partial charge >= 0.3 is 0 Å². The van der Waals surface area contributed by atoms with Crippen molar-refractivity contribution in [3.05, 3.63) is 62.7 Å². The summed E-state index contributed by atoms with van der Waals surface area (Å²) < 4.78 is 19.0. The number of aromatic nitrogens is 3. The van der Waals surface area contributed by atoms with Gasteiger partial charge in [-0.1, -0.05) is 18.9 Å². The van der Waals surface area contributed by atoms with E-state index in [4.69, 9.17) is 19.3 Å². The zero-order chi connectivity index (χ0) is 23.9. The van der Waals surface area contributed by atoms with Crippen molar-refractivity contribution >= 4 is 10.9 Å². The first kappa shape index (κ1) is 24.6. The van der Waals surface area contributed by atoms with E-state index in [1.165, 1.54) is 25.7 Å². The molecule has 1 aliphatic carbocycles. The summed E-state index contributed by atoms with van der Waals surface area (Å²) in [5.74, 6) is 0. The quantitative estimate of drug-likeness (QED) is 0.310. The molecule has 8 nitrogen and oxygen atoms in total. The number of methoxy groups -OCH3 is 1. The third kappa shape index (κ3) is 5.93. The Labute approximate surface area is 200 Å². The van der Waals surface area contributed by atoms with Gasteiger partial charge in [-0.2, -0.15) is 5.10 Å². The number of aryl methyl sites for hydroxylation is 2. The molecule has 0 atom stereocenters. The summed E-state index contributed by atoms with van der Waals surface area (Å²) in [6.07, 6.45) is 6.84. The number of rotatable bonds is 12. The van der Waals surface area contributed by atoms with E-state index >= 15 is 0 Å². The van der Waals surface area contributed by atoms with Crippen LogP contribution in [0.1, 0.15) is 59.7 Å². The highest BCUT2D eigenvalue weighted by molar-refractivity contribution is 5.83. The second-order valence-electron chi connectivity index (χ2n) is 9.12. The van der Waals surface area contributed by atoms with E-state index in [1.54, 1.807) is 7.11 Å². The predicted octanol–water partition coefficient (Wildman–Crippen LogP) is 3.88. The van der Waals surface area contributed by atoms with Crippen LogP contribution in [-0.4, -0.2) is 41.8 Å². The van der Waals surface area contributed by atoms with Crippen LogP contribution in [0.4, 0.5) is 0 Å². The highest BCUT2D eigenvalue weighted by Gasteiger charge is 2.20. The summed E-state index contributed by atoms with van der Waals surface area (Å²) in [7, 11) is 1.68. The van der Waals surface area contributed by atoms with E-state index in [-0.39, 0.29) is 5.56 Å². The minimum absolute atomic E-state index is 0.0489. The number of hydrogen-bond donors (Lipinski definition) is 2. The Morgan fingerprint density at radius 3 is 2.71 bits per heavy atom. The highest BCUT2D eigenvalue weighted by atomic mass is 16.5. The number of benzene rings is 1. The van der Waals surface area contributed by atoms with Crippen LogP contribution in [-0.2, 0) is 34.0 Å². The van der Waals surface area contributed by atoms with E-state index in [2.05, 4.69) is 27.1 Å². The summed E-state index contributed by atoms with van der Waals surface area (Å²) in [5, 5.41) is 9.10. The van der Waals surface area contributed by atoms with Crippen LogP contribution in [0.5, 0.6) is 0 Å². The molecule has 34 heavy (non-hydrogen) atoms. The standard InChI is InChI=1S/C26H36N4O4/c1-18-10-19(2)29-26(31)23(18)13-27-17-34-16-21-11-20(15-33-9-8-32-3)12-25-24(21)14-28-30(25)22-6-4-5-7-22/h10-12,14,22,27H,4-9,13,15-17H2,1-3H3,(H,29,31). The van der Waals surface area contributed by atoms with Crippen molar-refractivity contribution in [2.45, 2.75) is 65.3 Å². The first-order chi connectivity index (χ1) is 16.6. The van der Waals surface area contributed by atoms with Crippen LogP contribution >= 0.6 is 0 Å². The lowest BCUT2D eigenvalue weighted by Crippen LogP contribution is -2.24. The fraction of sp³-hybridized carbons (Fsp3) is 0.538. The van der Waals surface area contributed by atoms with Crippen LogP contribution in [0.2, 0.25) is 0 Å². The van der Waals surface area contributed by atoms with Gasteiger partial charge in [0.25, 0.3) is 5.56 Å². The Hall–Kier alpha value is -2.52. The third-order valence-corrected chi connectivity index (χ3v) is 6.49. The molecule has 0 aliphatic heterocycles. The van der Waals surface area contributed by atoms with Crippen molar-refractivity contribution in [3.8, 4) is 0 Å². The Kier molecular flexibility index (Phi) is 8.50. The number of pyridine rings is 1. The number of hydrogen-bond acceptors (Lipinski definition) is 6. The summed E-state index contributed by atoms with van der Waals surface area (Å²) in [6.45, 7) is 6.77. The average molecular weight is 469 g/mol. The van der Waals surface area contributed by atoms with Crippen molar-refractivity contribution in [2.75, 3.05) is 27.1 Å². The molecule has 0 radical (unpaired) electrons. The van der Waals surface area contributed by atoms with Gasteiger partial charge in [0.1, 0.15) is 0 Å². The number of H-pyrrole nitrogens is 1. The molecule has 4 rings (SSSR count). The maximum Gasteiger partial charge on any atom is 0.252 e. The molecule has 2 aromatic heterocycles. The Morgan fingerprint density at radius 1 is 1.12 bits per heavy atom. The average Bonchev–Trinajstić information content (AvgIpc) is 3.47. The Balaban J connectivity index is 1.43. The smallest absolute Gasteiger partial charge is 0.252 e. The highest BCUT2D eigenvalue weighted by Crippen LogP contribution is 2.33. The van der Waals surface area contributed by atoms with Gasteiger partial charge in [0.15, 0.2) is 0 Å². The lowest BCUT2D eigenvalue weighted by Gasteiger charge is -2.14. The predicted molar refractivity (Wildman–Crippen MR) is 132 cm³/mol.